The highest BCUT2D eigenvalue weighted by molar-refractivity contribution is 6.13. The summed E-state index contributed by atoms with van der Waals surface area (Å²) >= 11 is 0. The highest BCUT2D eigenvalue weighted by atomic mass is 19.4. The molecule has 0 bridgehead atoms. The van der Waals surface area contributed by atoms with Crippen LogP contribution >= 0.6 is 0 Å². The van der Waals surface area contributed by atoms with Gasteiger partial charge < -0.3 is 5.32 Å². The van der Waals surface area contributed by atoms with Crippen LogP contribution in [0.25, 0.3) is 16.7 Å². The number of hydrogen-bond acceptors (Lipinski definition) is 5. The average molecular weight is 429 g/mol. The fourth-order valence-corrected chi connectivity index (χ4v) is 3.41. The van der Waals surface area contributed by atoms with Crippen LogP contribution in [0, 0.1) is 13.8 Å². The molecule has 0 atom stereocenters. The molecule has 31 heavy (non-hydrogen) atoms. The van der Waals surface area contributed by atoms with E-state index in [1.807, 2.05) is 6.92 Å². The van der Waals surface area contributed by atoms with Crippen molar-refractivity contribution in [3.63, 3.8) is 0 Å². The Bertz CT molecular complexity index is 1280. The van der Waals surface area contributed by atoms with Gasteiger partial charge >= 0.3 is 6.18 Å². The summed E-state index contributed by atoms with van der Waals surface area (Å²) in [5.74, 6) is -0.574. The molecule has 0 spiro atoms. The van der Waals surface area contributed by atoms with Crippen molar-refractivity contribution in [1.29, 1.82) is 0 Å². The second-order valence-corrected chi connectivity index (χ2v) is 6.93. The summed E-state index contributed by atoms with van der Waals surface area (Å²) in [7, 11) is 0. The zero-order valence-corrected chi connectivity index (χ0v) is 16.9. The van der Waals surface area contributed by atoms with Gasteiger partial charge in [0.15, 0.2) is 5.65 Å². The molecule has 0 fully saturated rings. The summed E-state index contributed by atoms with van der Waals surface area (Å²) in [6.45, 7) is 5.96. The molecule has 11 heteroatoms. The number of fused-ring (bicyclic) bond motifs is 1. The number of nitrogens with zero attached hydrogens (tertiary/aromatic N) is 6. The van der Waals surface area contributed by atoms with Gasteiger partial charge in [-0.25, -0.2) is 19.3 Å². The third-order valence-electron chi connectivity index (χ3n) is 4.79. The minimum Gasteiger partial charge on any atom is -0.320 e. The van der Waals surface area contributed by atoms with Crippen molar-refractivity contribution in [3.05, 3.63) is 59.4 Å². The summed E-state index contributed by atoms with van der Waals surface area (Å²) in [5.41, 5.74) is 1.34. The summed E-state index contributed by atoms with van der Waals surface area (Å²) in [4.78, 5) is 21.5. The van der Waals surface area contributed by atoms with E-state index < -0.39 is 17.6 Å². The zero-order valence-electron chi connectivity index (χ0n) is 16.9. The first kappa shape index (κ1) is 20.5. The number of benzene rings is 1. The first-order valence-corrected chi connectivity index (χ1v) is 9.41. The molecule has 4 aromatic rings. The Morgan fingerprint density at radius 2 is 1.97 bits per heavy atom. The molecule has 160 valence electrons. The molecule has 0 saturated carbocycles. The lowest BCUT2D eigenvalue weighted by molar-refractivity contribution is -0.137. The maximum atomic E-state index is 13.3. The van der Waals surface area contributed by atoms with E-state index in [-0.39, 0.29) is 16.9 Å². The van der Waals surface area contributed by atoms with Crippen LogP contribution in [0.5, 0.6) is 0 Å². The lowest BCUT2D eigenvalue weighted by atomic mass is 10.1. The molecule has 0 saturated heterocycles. The number of amides is 1. The second-order valence-electron chi connectivity index (χ2n) is 6.93. The number of aryl methyl sites for hydroxylation is 3. The molecule has 0 aliphatic heterocycles. The lowest BCUT2D eigenvalue weighted by Crippen LogP contribution is -2.16. The predicted molar refractivity (Wildman–Crippen MR) is 107 cm³/mol. The van der Waals surface area contributed by atoms with Crippen molar-refractivity contribution in [2.45, 2.75) is 33.5 Å². The molecule has 1 amide bonds. The van der Waals surface area contributed by atoms with Crippen molar-refractivity contribution in [2.24, 2.45) is 0 Å². The van der Waals surface area contributed by atoms with Gasteiger partial charge in [0, 0.05) is 12.2 Å². The number of alkyl halides is 3. The lowest BCUT2D eigenvalue weighted by Gasteiger charge is -2.15. The normalized spacial score (nSPS) is 11.8. The Morgan fingerprint density at radius 3 is 2.61 bits per heavy atom. The number of nitrogens with one attached hydrogen (secondary N) is 1. The number of aromatic nitrogens is 6. The third-order valence-corrected chi connectivity index (χ3v) is 4.79. The van der Waals surface area contributed by atoms with Crippen molar-refractivity contribution in [2.75, 3.05) is 5.32 Å². The fourth-order valence-electron chi connectivity index (χ4n) is 3.41. The van der Waals surface area contributed by atoms with E-state index in [2.05, 4.69) is 25.5 Å². The van der Waals surface area contributed by atoms with Gasteiger partial charge in [-0.15, -0.1) is 0 Å². The largest absolute Gasteiger partial charge is 0.416 e. The Hall–Kier alpha value is -3.76. The molecule has 0 aliphatic carbocycles. The van der Waals surface area contributed by atoms with Gasteiger partial charge in [-0.3, -0.25) is 4.79 Å². The number of halogens is 3. The summed E-state index contributed by atoms with van der Waals surface area (Å²) in [6.07, 6.45) is -1.98. The minimum atomic E-state index is -4.57. The van der Waals surface area contributed by atoms with Gasteiger partial charge in [0.05, 0.1) is 33.6 Å². The van der Waals surface area contributed by atoms with Gasteiger partial charge in [0.1, 0.15) is 12.7 Å². The molecular weight excluding hydrogens is 411 g/mol. The Morgan fingerprint density at radius 1 is 1.19 bits per heavy atom. The van der Waals surface area contributed by atoms with Crippen LogP contribution in [0.2, 0.25) is 0 Å². The monoisotopic (exact) mass is 429 g/mol. The summed E-state index contributed by atoms with van der Waals surface area (Å²) in [5, 5.41) is 11.5. The Labute approximate surface area is 174 Å². The smallest absolute Gasteiger partial charge is 0.320 e. The quantitative estimate of drug-likeness (QED) is 0.531. The van der Waals surface area contributed by atoms with Gasteiger partial charge in [-0.05, 0) is 45.0 Å². The van der Waals surface area contributed by atoms with Crippen LogP contribution in [0.4, 0.5) is 18.9 Å². The van der Waals surface area contributed by atoms with Crippen LogP contribution in [0.3, 0.4) is 0 Å². The van der Waals surface area contributed by atoms with E-state index in [9.17, 15) is 18.0 Å². The maximum Gasteiger partial charge on any atom is 0.416 e. The van der Waals surface area contributed by atoms with E-state index in [0.717, 1.165) is 12.1 Å². The number of rotatable bonds is 4. The highest BCUT2D eigenvalue weighted by Gasteiger charge is 2.31. The van der Waals surface area contributed by atoms with Crippen molar-refractivity contribution in [1.82, 2.24) is 29.5 Å². The third kappa shape index (κ3) is 3.74. The molecule has 1 N–H and O–H groups in total. The van der Waals surface area contributed by atoms with Gasteiger partial charge in [0.2, 0.25) is 0 Å². The van der Waals surface area contributed by atoms with E-state index in [4.69, 9.17) is 0 Å². The van der Waals surface area contributed by atoms with Crippen LogP contribution in [-0.2, 0) is 12.7 Å². The van der Waals surface area contributed by atoms with Gasteiger partial charge in [-0.2, -0.15) is 23.4 Å². The fraction of sp³-hybridized carbons (Fsp3) is 0.250. The van der Waals surface area contributed by atoms with Crippen LogP contribution in [-0.4, -0.2) is 35.4 Å². The molecule has 0 radical (unpaired) electrons. The van der Waals surface area contributed by atoms with E-state index in [1.165, 1.54) is 23.4 Å². The van der Waals surface area contributed by atoms with Gasteiger partial charge in [0.25, 0.3) is 5.91 Å². The van der Waals surface area contributed by atoms with Crippen LogP contribution in [0.1, 0.15) is 34.2 Å². The summed E-state index contributed by atoms with van der Waals surface area (Å²) in [6, 6.07) is 4.63. The topological polar surface area (TPSA) is 90.5 Å². The van der Waals surface area contributed by atoms with Crippen molar-refractivity contribution in [3.8, 4) is 5.69 Å². The van der Waals surface area contributed by atoms with Crippen LogP contribution < -0.4 is 5.32 Å². The number of anilines is 1. The number of hydrogen-bond donors (Lipinski definition) is 1. The van der Waals surface area contributed by atoms with Crippen molar-refractivity contribution >= 4 is 22.6 Å². The molecule has 3 aromatic heterocycles. The summed E-state index contributed by atoms with van der Waals surface area (Å²) < 4.78 is 42.8. The zero-order chi connectivity index (χ0) is 22.3. The molecule has 1 aromatic carbocycles. The number of pyridine rings is 1. The average Bonchev–Trinajstić information content (AvgIpc) is 3.35. The molecular formula is C20H18F3N7O. The first-order valence-electron chi connectivity index (χ1n) is 9.41. The van der Waals surface area contributed by atoms with Gasteiger partial charge in [-0.1, -0.05) is 0 Å². The minimum absolute atomic E-state index is 0.0477. The Balaban J connectivity index is 1.83. The second kappa shape index (κ2) is 7.49. The standard InChI is InChI=1S/C20H18F3N7O/c1-4-29-18-17(12(3)28-29)14(7-11(2)26-18)19(31)27-15-8-13(20(21,22)23)5-6-16(15)30-10-24-9-25-30/h5-10H,4H2,1-3H3,(H,27,31). The van der Waals surface area contributed by atoms with Crippen molar-refractivity contribution < 1.29 is 18.0 Å². The molecule has 4 rings (SSSR count). The van der Waals surface area contributed by atoms with E-state index in [1.54, 1.807) is 24.6 Å². The highest BCUT2D eigenvalue weighted by Crippen LogP contribution is 2.34. The van der Waals surface area contributed by atoms with E-state index >= 15 is 0 Å². The molecule has 8 nitrogen and oxygen atoms in total. The van der Waals surface area contributed by atoms with E-state index in [0.29, 0.717) is 29.0 Å². The maximum absolute atomic E-state index is 13.3. The molecule has 0 aliphatic rings. The predicted octanol–water partition coefficient (Wildman–Crippen LogP) is 3.92. The number of carbonyl (C=O) groups is 1. The molecule has 0 unspecified atom stereocenters. The SMILES string of the molecule is CCn1nc(C)c2c(C(=O)Nc3cc(C(F)(F)F)ccc3-n3cncn3)cc(C)nc21. The van der Waals surface area contributed by atoms with Crippen LogP contribution in [0.15, 0.2) is 36.9 Å². The Kier molecular flexibility index (Phi) is 4.96. The molecule has 3 heterocycles. The number of carbonyl (C=O) groups excluding carboxylic acids is 1. The first-order chi connectivity index (χ1) is 14.7.